The number of fused-ring (bicyclic) bond motifs is 12. The molecule has 2 atom stereocenters. The summed E-state index contributed by atoms with van der Waals surface area (Å²) in [5, 5.41) is 8.32. The lowest BCUT2D eigenvalue weighted by Gasteiger charge is -2.31. The van der Waals surface area contributed by atoms with E-state index in [9.17, 15) is 0 Å². The van der Waals surface area contributed by atoms with Gasteiger partial charge in [-0.3, -0.25) is 9.98 Å². The first kappa shape index (κ1) is 40.3. The summed E-state index contributed by atoms with van der Waals surface area (Å²) in [6.45, 7) is 0. The number of nitrogens with zero attached hydrogens (tertiary/aromatic N) is 7. The maximum absolute atomic E-state index is 5.18. The van der Waals surface area contributed by atoms with Crippen molar-refractivity contribution in [2.45, 2.75) is 6.04 Å². The fourth-order valence-corrected chi connectivity index (χ4v) is 11.4. The third-order valence-corrected chi connectivity index (χ3v) is 14.8. The summed E-state index contributed by atoms with van der Waals surface area (Å²) in [5.41, 5.74) is 15.4. The summed E-state index contributed by atoms with van der Waals surface area (Å²) in [6, 6.07) is 73.7. The van der Waals surface area contributed by atoms with Crippen LogP contribution in [0.2, 0.25) is 0 Å². The van der Waals surface area contributed by atoms with Crippen molar-refractivity contribution in [2.24, 2.45) is 10.9 Å². The molecular weight excluding hydrogens is 879 g/mol. The van der Waals surface area contributed by atoms with E-state index in [0.717, 1.165) is 61.0 Å². The number of pyridine rings is 1. The minimum atomic E-state index is -0.117. The van der Waals surface area contributed by atoms with E-state index in [-0.39, 0.29) is 12.0 Å². The lowest BCUT2D eigenvalue weighted by atomic mass is 9.78. The molecular formula is C65H41N7. The van der Waals surface area contributed by atoms with E-state index in [0.29, 0.717) is 17.5 Å². The minimum Gasteiger partial charge on any atom is -0.309 e. The van der Waals surface area contributed by atoms with Crippen molar-refractivity contribution in [3.63, 3.8) is 0 Å². The highest BCUT2D eigenvalue weighted by Gasteiger charge is 2.34. The van der Waals surface area contributed by atoms with Gasteiger partial charge in [-0.1, -0.05) is 146 Å². The van der Waals surface area contributed by atoms with Crippen LogP contribution in [0, 0.1) is 5.92 Å². The highest BCUT2D eigenvalue weighted by atomic mass is 15.0. The van der Waals surface area contributed by atoms with Gasteiger partial charge in [-0.05, 0) is 107 Å². The number of aromatic nitrogens is 6. The Kier molecular flexibility index (Phi) is 8.95. The predicted octanol–water partition coefficient (Wildman–Crippen LogP) is 15.6. The summed E-state index contributed by atoms with van der Waals surface area (Å²) in [5.74, 6) is 1.90. The van der Waals surface area contributed by atoms with E-state index >= 15 is 0 Å². The van der Waals surface area contributed by atoms with Crippen molar-refractivity contribution >= 4 is 83.2 Å². The zero-order chi connectivity index (χ0) is 47.3. The maximum atomic E-state index is 5.18. The number of hydrogen-bond acceptors (Lipinski definition) is 5. The van der Waals surface area contributed by atoms with Gasteiger partial charge in [0, 0.05) is 78.7 Å². The number of benzene rings is 9. The monoisotopic (exact) mass is 919 g/mol. The number of para-hydroxylation sites is 2. The zero-order valence-corrected chi connectivity index (χ0v) is 38.8. The number of hydrogen-bond donors (Lipinski definition) is 0. The fraction of sp³-hybridized carbons (Fsp3) is 0.0308. The quantitative estimate of drug-likeness (QED) is 0.156. The topological polar surface area (TPSA) is 73.8 Å². The summed E-state index contributed by atoms with van der Waals surface area (Å²) in [7, 11) is 0. The van der Waals surface area contributed by atoms with E-state index in [2.05, 4.69) is 185 Å². The Morgan fingerprint density at radius 2 is 0.986 bits per heavy atom. The Labute approximate surface area is 414 Å². The number of dihydropyridines is 1. The van der Waals surface area contributed by atoms with Crippen LogP contribution in [0.3, 0.4) is 0 Å². The second kappa shape index (κ2) is 16.0. The van der Waals surface area contributed by atoms with Crippen LogP contribution in [0.4, 0.5) is 0 Å². The van der Waals surface area contributed by atoms with Gasteiger partial charge < -0.3 is 9.13 Å². The molecule has 9 aromatic carbocycles. The van der Waals surface area contributed by atoms with Crippen molar-refractivity contribution in [3.05, 3.63) is 242 Å². The predicted molar refractivity (Wildman–Crippen MR) is 296 cm³/mol. The Morgan fingerprint density at radius 3 is 1.67 bits per heavy atom. The van der Waals surface area contributed by atoms with Gasteiger partial charge in [0.25, 0.3) is 0 Å². The van der Waals surface area contributed by atoms with Gasteiger partial charge in [0.1, 0.15) is 0 Å². The van der Waals surface area contributed by atoms with E-state index < -0.39 is 0 Å². The lowest BCUT2D eigenvalue weighted by Crippen LogP contribution is -2.20. The van der Waals surface area contributed by atoms with Crippen LogP contribution in [-0.2, 0) is 0 Å². The van der Waals surface area contributed by atoms with Crippen LogP contribution in [0.1, 0.15) is 23.0 Å². The second-order valence-electron chi connectivity index (χ2n) is 18.8. The normalized spacial score (nSPS) is 15.2. The molecule has 0 fully saturated rings. The molecule has 72 heavy (non-hydrogen) atoms. The molecule has 336 valence electrons. The molecule has 15 rings (SSSR count). The first-order chi connectivity index (χ1) is 35.7. The maximum Gasteiger partial charge on any atom is 0.164 e. The van der Waals surface area contributed by atoms with E-state index in [1.807, 2.05) is 61.0 Å². The van der Waals surface area contributed by atoms with Crippen molar-refractivity contribution in [2.75, 3.05) is 0 Å². The molecule has 4 aromatic heterocycles. The molecule has 7 heteroatoms. The fourth-order valence-electron chi connectivity index (χ4n) is 11.4. The summed E-state index contributed by atoms with van der Waals surface area (Å²) in [4.78, 5) is 25.2. The van der Waals surface area contributed by atoms with E-state index in [1.54, 1.807) is 0 Å². The van der Waals surface area contributed by atoms with Gasteiger partial charge >= 0.3 is 0 Å². The minimum absolute atomic E-state index is 0.0389. The molecule has 1 aliphatic carbocycles. The number of allylic oxidation sites excluding steroid dienone is 1. The molecule has 0 radical (unpaired) electrons. The standard InChI is InChI=1S/C65H41N7/c1-3-13-41(14-4-1)63-68-64(42-15-5-2-6-16-42)70-65(69-63)56-39-46-36-48(28-30-50(46)62-53(56)20-12-34-67-62)72-58-22-10-8-19-52(58)55-38-44(26-32-60(55)72)43-25-31-59-54(37-43)51-18-7-9-21-57(51)71(59)47-27-29-49-45(35-47)24-23-40-17-11-33-66-61(40)49/h1-39,53,62H. The van der Waals surface area contributed by atoms with Crippen molar-refractivity contribution in [1.82, 2.24) is 29.1 Å². The van der Waals surface area contributed by atoms with Gasteiger partial charge in [0.2, 0.25) is 0 Å². The molecule has 0 saturated heterocycles. The van der Waals surface area contributed by atoms with E-state index in [1.165, 1.54) is 54.7 Å². The summed E-state index contributed by atoms with van der Waals surface area (Å²) < 4.78 is 4.80. The van der Waals surface area contributed by atoms with Gasteiger partial charge in [0.05, 0.1) is 33.6 Å². The average molecular weight is 920 g/mol. The third-order valence-electron chi connectivity index (χ3n) is 14.8. The van der Waals surface area contributed by atoms with Crippen molar-refractivity contribution < 1.29 is 0 Å². The molecule has 2 unspecified atom stereocenters. The Bertz CT molecular complexity index is 4410. The van der Waals surface area contributed by atoms with Crippen LogP contribution in [-0.4, -0.2) is 35.3 Å². The molecule has 0 spiro atoms. The smallest absolute Gasteiger partial charge is 0.164 e. The highest BCUT2D eigenvalue weighted by molar-refractivity contribution is 6.13. The molecule has 0 saturated carbocycles. The van der Waals surface area contributed by atoms with Gasteiger partial charge in [-0.25, -0.2) is 15.0 Å². The molecule has 7 nitrogen and oxygen atoms in total. The molecule has 1 aliphatic heterocycles. The van der Waals surface area contributed by atoms with Crippen molar-refractivity contribution in [3.8, 4) is 45.3 Å². The highest BCUT2D eigenvalue weighted by Crippen LogP contribution is 2.47. The molecule has 13 aromatic rings. The van der Waals surface area contributed by atoms with Crippen LogP contribution < -0.4 is 0 Å². The zero-order valence-electron chi connectivity index (χ0n) is 38.8. The van der Waals surface area contributed by atoms with Crippen LogP contribution in [0.5, 0.6) is 0 Å². The first-order valence-electron chi connectivity index (χ1n) is 24.5. The van der Waals surface area contributed by atoms with Gasteiger partial charge in [-0.15, -0.1) is 0 Å². The molecule has 0 N–H and O–H groups in total. The van der Waals surface area contributed by atoms with Crippen LogP contribution in [0.15, 0.2) is 230 Å². The van der Waals surface area contributed by atoms with Crippen LogP contribution >= 0.6 is 0 Å². The largest absolute Gasteiger partial charge is 0.309 e. The second-order valence-corrected chi connectivity index (χ2v) is 18.8. The Hall–Kier alpha value is -9.59. The summed E-state index contributed by atoms with van der Waals surface area (Å²) >= 11 is 0. The van der Waals surface area contributed by atoms with E-state index in [4.69, 9.17) is 24.9 Å². The average Bonchev–Trinajstić information content (AvgIpc) is 3.97. The number of rotatable bonds is 6. The summed E-state index contributed by atoms with van der Waals surface area (Å²) in [6.07, 6.45) is 10.4. The Morgan fingerprint density at radius 1 is 0.403 bits per heavy atom. The SMILES string of the molecule is C1=CC2C(c3nc(-c4ccccc4)nc(-c4ccccc4)n3)=Cc3cc(-n4c5ccccc5c5cc(-c6ccc7c(c6)c6ccccc6n7-c6ccc7c(ccc8cccnc87)c6)ccc54)ccc3C2N=C1. The van der Waals surface area contributed by atoms with Crippen molar-refractivity contribution in [1.29, 1.82) is 0 Å². The lowest BCUT2D eigenvalue weighted by molar-refractivity contribution is 0.621. The third kappa shape index (κ3) is 6.34. The molecule has 0 amide bonds. The van der Waals surface area contributed by atoms with Gasteiger partial charge in [0.15, 0.2) is 17.5 Å². The van der Waals surface area contributed by atoms with Gasteiger partial charge in [-0.2, -0.15) is 0 Å². The molecule has 0 bridgehead atoms. The first-order valence-corrected chi connectivity index (χ1v) is 24.5. The Balaban J connectivity index is 0.848. The number of aliphatic imine (C=N–C) groups is 1. The molecule has 5 heterocycles. The molecule has 2 aliphatic rings. The van der Waals surface area contributed by atoms with Crippen LogP contribution in [0.25, 0.3) is 122 Å².